The van der Waals surface area contributed by atoms with Crippen LogP contribution in [-0.2, 0) is 4.79 Å². The van der Waals surface area contributed by atoms with Gasteiger partial charge in [-0.2, -0.15) is 0 Å². The Bertz CT molecular complexity index is 1000. The number of aryl methyl sites for hydroxylation is 1. The molecule has 1 amide bonds. The van der Waals surface area contributed by atoms with E-state index < -0.39 is 0 Å². The fourth-order valence-electron chi connectivity index (χ4n) is 3.99. The minimum Gasteiger partial charge on any atom is -0.352 e. The van der Waals surface area contributed by atoms with Gasteiger partial charge in [-0.05, 0) is 49.4 Å². The van der Waals surface area contributed by atoms with Crippen LogP contribution in [0.25, 0.3) is 17.1 Å². The number of hydrogen-bond donors (Lipinski definition) is 1. The molecule has 1 aliphatic carbocycles. The van der Waals surface area contributed by atoms with E-state index in [0.29, 0.717) is 16.8 Å². The summed E-state index contributed by atoms with van der Waals surface area (Å²) in [6.45, 7) is 4.30. The van der Waals surface area contributed by atoms with Crippen LogP contribution in [0, 0.1) is 12.8 Å². The van der Waals surface area contributed by atoms with E-state index in [1.54, 1.807) is 12.4 Å². The minimum atomic E-state index is 0.0588. The Balaban J connectivity index is 1.57. The van der Waals surface area contributed by atoms with Gasteiger partial charge in [-0.25, -0.2) is 0 Å². The number of nitrogens with zero attached hydrogens (tertiary/aromatic N) is 4. The number of carbonyl (C=O) groups is 1. The maximum atomic E-state index is 12.6. The zero-order valence-corrected chi connectivity index (χ0v) is 18.2. The molecule has 1 fully saturated rings. The monoisotopic (exact) mass is 421 g/mol. The van der Waals surface area contributed by atoms with Gasteiger partial charge in [0.05, 0.1) is 11.4 Å². The highest BCUT2D eigenvalue weighted by atomic mass is 32.2. The largest absolute Gasteiger partial charge is 0.352 e. The van der Waals surface area contributed by atoms with E-state index in [4.69, 9.17) is 0 Å². The predicted molar refractivity (Wildman–Crippen MR) is 120 cm³/mol. The molecule has 4 rings (SSSR count). The summed E-state index contributed by atoms with van der Waals surface area (Å²) in [6.07, 6.45) is 8.21. The van der Waals surface area contributed by atoms with E-state index in [1.165, 1.54) is 31.0 Å². The summed E-state index contributed by atoms with van der Waals surface area (Å²) in [4.78, 5) is 16.7. The first-order chi connectivity index (χ1) is 14.6. The van der Waals surface area contributed by atoms with E-state index in [1.807, 2.05) is 28.8 Å². The Kier molecular flexibility index (Phi) is 6.47. The lowest BCUT2D eigenvalue weighted by Crippen LogP contribution is -2.41. The Morgan fingerprint density at radius 3 is 2.67 bits per heavy atom. The predicted octanol–water partition coefficient (Wildman–Crippen LogP) is 4.42. The molecule has 1 aromatic carbocycles. The summed E-state index contributed by atoms with van der Waals surface area (Å²) in [5.41, 5.74) is 3.07. The normalized spacial score (nSPS) is 18.9. The van der Waals surface area contributed by atoms with Gasteiger partial charge in [-0.1, -0.05) is 49.7 Å². The van der Waals surface area contributed by atoms with Crippen molar-refractivity contribution in [2.24, 2.45) is 5.92 Å². The first-order valence-corrected chi connectivity index (χ1v) is 11.5. The van der Waals surface area contributed by atoms with Crippen LogP contribution in [0.4, 0.5) is 0 Å². The quantitative estimate of drug-likeness (QED) is 0.596. The summed E-state index contributed by atoms with van der Waals surface area (Å²) < 4.78 is 2.03. The lowest BCUT2D eigenvalue weighted by molar-refractivity contribution is -0.119. The van der Waals surface area contributed by atoms with Gasteiger partial charge in [0.1, 0.15) is 0 Å². The highest BCUT2D eigenvalue weighted by molar-refractivity contribution is 7.99. The number of thioether (sulfide) groups is 1. The molecule has 2 unspecified atom stereocenters. The van der Waals surface area contributed by atoms with E-state index in [0.717, 1.165) is 29.1 Å². The molecular formula is C23H27N5OS. The number of para-hydroxylation sites is 1. The van der Waals surface area contributed by atoms with Crippen LogP contribution in [0.1, 0.15) is 38.2 Å². The van der Waals surface area contributed by atoms with Crippen molar-refractivity contribution < 1.29 is 4.79 Å². The molecule has 2 atom stereocenters. The molecule has 6 nitrogen and oxygen atoms in total. The molecule has 2 aromatic heterocycles. The molecule has 0 aliphatic heterocycles. The van der Waals surface area contributed by atoms with Crippen LogP contribution >= 0.6 is 11.8 Å². The lowest BCUT2D eigenvalue weighted by Gasteiger charge is -2.29. The first kappa shape index (κ1) is 20.6. The van der Waals surface area contributed by atoms with Gasteiger partial charge in [0.25, 0.3) is 0 Å². The molecule has 0 bridgehead atoms. The van der Waals surface area contributed by atoms with Crippen LogP contribution < -0.4 is 5.32 Å². The third-order valence-electron chi connectivity index (χ3n) is 5.72. The van der Waals surface area contributed by atoms with Crippen LogP contribution in [-0.4, -0.2) is 37.5 Å². The third kappa shape index (κ3) is 4.56. The molecule has 0 saturated heterocycles. The van der Waals surface area contributed by atoms with E-state index in [2.05, 4.69) is 46.5 Å². The summed E-state index contributed by atoms with van der Waals surface area (Å²) >= 11 is 1.43. The number of nitrogens with one attached hydrogen (secondary N) is 1. The van der Waals surface area contributed by atoms with Crippen LogP contribution in [0.2, 0.25) is 0 Å². The van der Waals surface area contributed by atoms with Crippen LogP contribution in [0.3, 0.4) is 0 Å². The third-order valence-corrected chi connectivity index (χ3v) is 6.65. The Morgan fingerprint density at radius 2 is 1.90 bits per heavy atom. The Morgan fingerprint density at radius 1 is 1.13 bits per heavy atom. The summed E-state index contributed by atoms with van der Waals surface area (Å²) in [6, 6.07) is 12.3. The number of amides is 1. The summed E-state index contributed by atoms with van der Waals surface area (Å²) in [5.74, 6) is 1.67. The fraction of sp³-hybridized carbons (Fsp3) is 0.391. The number of rotatable bonds is 6. The molecular weight excluding hydrogens is 394 g/mol. The van der Waals surface area contributed by atoms with Crippen LogP contribution in [0.5, 0.6) is 0 Å². The van der Waals surface area contributed by atoms with Gasteiger partial charge in [-0.15, -0.1) is 10.2 Å². The number of carbonyl (C=O) groups excluding carboxylic acids is 1. The standard InChI is InChI=1S/C23H27N5OS/c1-16-7-3-5-9-19(16)25-21(29)15-30-23-27-26-22(18-11-13-24-14-12-18)28(23)20-10-6-4-8-17(20)2/h4,6,8,10-14,16,19H,3,5,7,9,15H2,1-2H3,(H,25,29). The average molecular weight is 422 g/mol. The second-order valence-corrected chi connectivity index (χ2v) is 8.83. The highest BCUT2D eigenvalue weighted by Gasteiger charge is 2.23. The smallest absolute Gasteiger partial charge is 0.230 e. The number of aromatic nitrogens is 4. The lowest BCUT2D eigenvalue weighted by atomic mass is 9.86. The molecule has 7 heteroatoms. The van der Waals surface area contributed by atoms with Crippen molar-refractivity contribution in [3.63, 3.8) is 0 Å². The Hall–Kier alpha value is -2.67. The SMILES string of the molecule is Cc1ccccc1-n1c(SCC(=O)NC2CCCCC2C)nnc1-c1ccncc1. The summed E-state index contributed by atoms with van der Waals surface area (Å²) in [7, 11) is 0. The molecule has 1 N–H and O–H groups in total. The van der Waals surface area contributed by atoms with Gasteiger partial charge in [0.15, 0.2) is 11.0 Å². The van der Waals surface area contributed by atoms with Gasteiger partial charge >= 0.3 is 0 Å². The van der Waals surface area contributed by atoms with Gasteiger partial charge in [-0.3, -0.25) is 14.3 Å². The van der Waals surface area contributed by atoms with Crippen molar-refractivity contribution in [3.8, 4) is 17.1 Å². The van der Waals surface area contributed by atoms with Crippen molar-refractivity contribution in [2.45, 2.75) is 50.7 Å². The van der Waals surface area contributed by atoms with E-state index in [-0.39, 0.29) is 11.9 Å². The van der Waals surface area contributed by atoms with Crippen molar-refractivity contribution >= 4 is 17.7 Å². The van der Waals surface area contributed by atoms with E-state index >= 15 is 0 Å². The van der Waals surface area contributed by atoms with Crippen molar-refractivity contribution in [1.82, 2.24) is 25.1 Å². The molecule has 0 spiro atoms. The topological polar surface area (TPSA) is 72.7 Å². The molecule has 1 saturated carbocycles. The minimum absolute atomic E-state index is 0.0588. The molecule has 3 aromatic rings. The molecule has 0 radical (unpaired) electrons. The number of benzene rings is 1. The van der Waals surface area contributed by atoms with Crippen LogP contribution in [0.15, 0.2) is 53.9 Å². The number of hydrogen-bond acceptors (Lipinski definition) is 5. The van der Waals surface area contributed by atoms with Crippen molar-refractivity contribution in [3.05, 3.63) is 54.4 Å². The zero-order valence-electron chi connectivity index (χ0n) is 17.4. The highest BCUT2D eigenvalue weighted by Crippen LogP contribution is 2.29. The van der Waals surface area contributed by atoms with Crippen molar-refractivity contribution in [2.75, 3.05) is 5.75 Å². The Labute approximate surface area is 181 Å². The number of pyridine rings is 1. The molecule has 156 valence electrons. The molecule has 2 heterocycles. The molecule has 1 aliphatic rings. The molecule has 30 heavy (non-hydrogen) atoms. The maximum Gasteiger partial charge on any atom is 0.230 e. The second-order valence-electron chi connectivity index (χ2n) is 7.89. The average Bonchev–Trinajstić information content (AvgIpc) is 3.18. The van der Waals surface area contributed by atoms with Gasteiger partial charge in [0.2, 0.25) is 5.91 Å². The summed E-state index contributed by atoms with van der Waals surface area (Å²) in [5, 5.41) is 12.8. The van der Waals surface area contributed by atoms with E-state index in [9.17, 15) is 4.79 Å². The fourth-order valence-corrected chi connectivity index (χ4v) is 4.75. The van der Waals surface area contributed by atoms with Crippen molar-refractivity contribution in [1.29, 1.82) is 0 Å². The zero-order chi connectivity index (χ0) is 20.9. The second kappa shape index (κ2) is 9.43. The maximum absolute atomic E-state index is 12.6. The van der Waals surface area contributed by atoms with Gasteiger partial charge < -0.3 is 5.32 Å². The van der Waals surface area contributed by atoms with Gasteiger partial charge in [0, 0.05) is 24.0 Å². The first-order valence-electron chi connectivity index (χ1n) is 10.5.